The number of hydrogen-bond donors (Lipinski definition) is 2. The van der Waals surface area contributed by atoms with E-state index in [1.165, 1.54) is 16.9 Å². The van der Waals surface area contributed by atoms with E-state index in [0.29, 0.717) is 12.5 Å². The third-order valence-electron chi connectivity index (χ3n) is 5.40. The van der Waals surface area contributed by atoms with Crippen molar-refractivity contribution in [3.05, 3.63) is 58.3 Å². The molecule has 1 aromatic heterocycles. The molecule has 1 saturated heterocycles. The van der Waals surface area contributed by atoms with Gasteiger partial charge in [-0.25, -0.2) is 4.79 Å². The van der Waals surface area contributed by atoms with Crippen LogP contribution in [0.2, 0.25) is 0 Å². The predicted molar refractivity (Wildman–Crippen MR) is 102 cm³/mol. The normalized spacial score (nSPS) is 23.8. The van der Waals surface area contributed by atoms with Gasteiger partial charge in [-0.3, -0.25) is 4.79 Å². The molecule has 6 heteroatoms. The van der Waals surface area contributed by atoms with E-state index in [0.717, 1.165) is 30.7 Å². The number of benzene rings is 1. The number of urea groups is 1. The first-order chi connectivity index (χ1) is 12.7. The minimum absolute atomic E-state index is 0.0106. The lowest BCUT2D eigenvalue weighted by Gasteiger charge is -2.32. The van der Waals surface area contributed by atoms with Crippen molar-refractivity contribution in [1.82, 2.24) is 15.5 Å². The van der Waals surface area contributed by atoms with Gasteiger partial charge in [-0.05, 0) is 42.2 Å². The van der Waals surface area contributed by atoms with Crippen molar-refractivity contribution < 1.29 is 9.59 Å². The second kappa shape index (κ2) is 7.50. The monoisotopic (exact) mass is 369 g/mol. The average molecular weight is 369 g/mol. The van der Waals surface area contributed by atoms with Gasteiger partial charge in [0.2, 0.25) is 0 Å². The van der Waals surface area contributed by atoms with Crippen LogP contribution in [0.4, 0.5) is 4.79 Å². The molecule has 2 fully saturated rings. The number of thiophene rings is 1. The molecule has 2 heterocycles. The summed E-state index contributed by atoms with van der Waals surface area (Å²) < 4.78 is 0. The molecule has 1 aliphatic carbocycles. The highest BCUT2D eigenvalue weighted by Crippen LogP contribution is 2.38. The summed E-state index contributed by atoms with van der Waals surface area (Å²) in [6, 6.07) is 14.4. The van der Waals surface area contributed by atoms with E-state index in [1.807, 2.05) is 40.6 Å². The van der Waals surface area contributed by atoms with Gasteiger partial charge in [0.05, 0.1) is 4.88 Å². The zero-order valence-corrected chi connectivity index (χ0v) is 15.4. The summed E-state index contributed by atoms with van der Waals surface area (Å²) in [6.07, 6.45) is 2.68. The Labute approximate surface area is 157 Å². The van der Waals surface area contributed by atoms with Gasteiger partial charge in [0.25, 0.3) is 5.91 Å². The van der Waals surface area contributed by atoms with Crippen molar-refractivity contribution in [3.63, 3.8) is 0 Å². The molecule has 2 aromatic rings. The first-order valence-corrected chi connectivity index (χ1v) is 10.0. The lowest BCUT2D eigenvalue weighted by Crippen LogP contribution is -2.50. The van der Waals surface area contributed by atoms with Crippen molar-refractivity contribution in [3.8, 4) is 0 Å². The van der Waals surface area contributed by atoms with Crippen molar-refractivity contribution >= 4 is 23.3 Å². The maximum atomic E-state index is 12.5. The van der Waals surface area contributed by atoms with Crippen LogP contribution in [0.15, 0.2) is 47.8 Å². The molecule has 2 bridgehead atoms. The second-order valence-corrected chi connectivity index (χ2v) is 8.01. The molecule has 0 radical (unpaired) electrons. The van der Waals surface area contributed by atoms with Crippen LogP contribution >= 0.6 is 11.3 Å². The Morgan fingerprint density at radius 2 is 1.96 bits per heavy atom. The van der Waals surface area contributed by atoms with Crippen molar-refractivity contribution in [2.24, 2.45) is 5.92 Å². The van der Waals surface area contributed by atoms with E-state index in [4.69, 9.17) is 0 Å². The van der Waals surface area contributed by atoms with E-state index in [1.54, 1.807) is 0 Å². The van der Waals surface area contributed by atoms with Crippen molar-refractivity contribution in [1.29, 1.82) is 0 Å². The summed E-state index contributed by atoms with van der Waals surface area (Å²) in [4.78, 5) is 27.4. The minimum atomic E-state index is 0.0106. The zero-order chi connectivity index (χ0) is 17.9. The fraction of sp³-hybridized carbons (Fsp3) is 0.400. The average Bonchev–Trinajstić information content (AvgIpc) is 3.39. The smallest absolute Gasteiger partial charge is 0.317 e. The number of hydrogen-bond acceptors (Lipinski definition) is 3. The summed E-state index contributed by atoms with van der Waals surface area (Å²) in [7, 11) is 0. The molecule has 26 heavy (non-hydrogen) atoms. The SMILES string of the molecule is O=C(NC1CC2CC1CN2C(=O)NCCc1ccccc1)c1cccs1. The highest BCUT2D eigenvalue weighted by molar-refractivity contribution is 7.12. The summed E-state index contributed by atoms with van der Waals surface area (Å²) in [5, 5.41) is 8.10. The Bertz CT molecular complexity index is 763. The van der Waals surface area contributed by atoms with Crippen LogP contribution in [0.25, 0.3) is 0 Å². The lowest BCUT2D eigenvalue weighted by molar-refractivity contribution is 0.0918. The van der Waals surface area contributed by atoms with Gasteiger partial charge in [0.15, 0.2) is 0 Å². The van der Waals surface area contributed by atoms with E-state index in [-0.39, 0.29) is 24.0 Å². The molecule has 2 N–H and O–H groups in total. The molecule has 136 valence electrons. The van der Waals surface area contributed by atoms with Crippen LogP contribution in [0.5, 0.6) is 0 Å². The molecule has 1 aromatic carbocycles. The van der Waals surface area contributed by atoms with Gasteiger partial charge in [0, 0.05) is 25.2 Å². The van der Waals surface area contributed by atoms with E-state index in [2.05, 4.69) is 22.8 Å². The second-order valence-electron chi connectivity index (χ2n) is 7.06. The summed E-state index contributed by atoms with van der Waals surface area (Å²) in [5.41, 5.74) is 1.23. The highest BCUT2D eigenvalue weighted by atomic mass is 32.1. The van der Waals surface area contributed by atoms with Gasteiger partial charge in [0.1, 0.15) is 0 Å². The Kier molecular flexibility index (Phi) is 4.93. The van der Waals surface area contributed by atoms with E-state index >= 15 is 0 Å². The molecule has 2 aliphatic rings. The number of fused-ring (bicyclic) bond motifs is 2. The Balaban J connectivity index is 1.24. The third-order valence-corrected chi connectivity index (χ3v) is 6.27. The topological polar surface area (TPSA) is 61.4 Å². The number of amides is 3. The predicted octanol–water partition coefficient (Wildman–Crippen LogP) is 2.89. The van der Waals surface area contributed by atoms with Crippen LogP contribution in [-0.4, -0.2) is 42.0 Å². The quantitative estimate of drug-likeness (QED) is 0.851. The van der Waals surface area contributed by atoms with Crippen LogP contribution < -0.4 is 10.6 Å². The van der Waals surface area contributed by atoms with E-state index in [9.17, 15) is 9.59 Å². The Morgan fingerprint density at radius 1 is 1.12 bits per heavy atom. The summed E-state index contributed by atoms with van der Waals surface area (Å²) in [5.74, 6) is 0.375. The van der Waals surface area contributed by atoms with Gasteiger partial charge in [-0.15, -0.1) is 11.3 Å². The fourth-order valence-electron chi connectivity index (χ4n) is 4.09. The van der Waals surface area contributed by atoms with Crippen molar-refractivity contribution in [2.75, 3.05) is 13.1 Å². The number of carbonyl (C=O) groups excluding carboxylic acids is 2. The Morgan fingerprint density at radius 3 is 2.65 bits per heavy atom. The fourth-order valence-corrected chi connectivity index (χ4v) is 4.71. The molecule has 0 spiro atoms. The highest BCUT2D eigenvalue weighted by Gasteiger charge is 2.46. The molecule has 1 saturated carbocycles. The lowest BCUT2D eigenvalue weighted by atomic mass is 10.0. The van der Waals surface area contributed by atoms with Gasteiger partial charge < -0.3 is 15.5 Å². The van der Waals surface area contributed by atoms with Gasteiger partial charge in [-0.1, -0.05) is 36.4 Å². The number of rotatable bonds is 5. The number of nitrogens with zero attached hydrogens (tertiary/aromatic N) is 1. The van der Waals surface area contributed by atoms with Crippen LogP contribution in [0, 0.1) is 5.92 Å². The molecule has 1 aliphatic heterocycles. The summed E-state index contributed by atoms with van der Waals surface area (Å²) in [6.45, 7) is 1.38. The number of piperidine rings is 1. The maximum absolute atomic E-state index is 12.5. The molecular weight excluding hydrogens is 346 g/mol. The number of carbonyl (C=O) groups is 2. The van der Waals surface area contributed by atoms with Gasteiger partial charge >= 0.3 is 6.03 Å². The van der Waals surface area contributed by atoms with Crippen molar-refractivity contribution in [2.45, 2.75) is 31.3 Å². The first-order valence-electron chi connectivity index (χ1n) is 9.13. The van der Waals surface area contributed by atoms with Crippen LogP contribution in [-0.2, 0) is 6.42 Å². The molecule has 5 nitrogen and oxygen atoms in total. The maximum Gasteiger partial charge on any atom is 0.317 e. The molecular formula is C20H23N3O2S. The summed E-state index contributed by atoms with van der Waals surface area (Å²) >= 11 is 1.46. The standard InChI is InChI=1S/C20H23N3O2S/c24-19(18-7-4-10-26-18)22-17-12-16-11-15(17)13-23(16)20(25)21-9-8-14-5-2-1-3-6-14/h1-7,10,15-17H,8-9,11-13H2,(H,21,25)(H,22,24). The van der Waals surface area contributed by atoms with Gasteiger partial charge in [-0.2, -0.15) is 0 Å². The number of nitrogens with one attached hydrogen (secondary N) is 2. The molecule has 3 atom stereocenters. The van der Waals surface area contributed by atoms with E-state index < -0.39 is 0 Å². The molecule has 3 amide bonds. The zero-order valence-electron chi connectivity index (χ0n) is 14.6. The number of likely N-dealkylation sites (tertiary alicyclic amines) is 1. The molecule has 3 unspecified atom stereocenters. The van der Waals surface area contributed by atoms with Crippen LogP contribution in [0.3, 0.4) is 0 Å². The van der Waals surface area contributed by atoms with Crippen LogP contribution in [0.1, 0.15) is 28.1 Å². The minimum Gasteiger partial charge on any atom is -0.348 e. The first kappa shape index (κ1) is 17.1. The largest absolute Gasteiger partial charge is 0.348 e. The molecule has 4 rings (SSSR count). The third kappa shape index (κ3) is 3.60. The Hall–Kier alpha value is -2.34.